The molecule has 2 aromatic heterocycles. The summed E-state index contributed by atoms with van der Waals surface area (Å²) in [4.78, 5) is 18.1. The van der Waals surface area contributed by atoms with E-state index in [-0.39, 0.29) is 5.60 Å². The predicted molar refractivity (Wildman–Crippen MR) is 103 cm³/mol. The monoisotopic (exact) mass is 369 g/mol. The summed E-state index contributed by atoms with van der Waals surface area (Å²) in [5.74, 6) is 1.41. The summed E-state index contributed by atoms with van der Waals surface area (Å²) in [5, 5.41) is 0. The van der Waals surface area contributed by atoms with Gasteiger partial charge in [0, 0.05) is 52.2 Å². The van der Waals surface area contributed by atoms with E-state index in [1.807, 2.05) is 37.5 Å². The van der Waals surface area contributed by atoms with Crippen molar-refractivity contribution >= 4 is 5.95 Å². The van der Waals surface area contributed by atoms with Crippen LogP contribution in [0.1, 0.15) is 29.7 Å². The summed E-state index contributed by atoms with van der Waals surface area (Å²) in [6.45, 7) is 3.60. The molecule has 0 unspecified atom stereocenters. The number of hydrogen-bond acceptors (Lipinski definition) is 7. The fraction of sp³-hybridized carbons (Fsp3) is 0.550. The Labute approximate surface area is 160 Å². The summed E-state index contributed by atoms with van der Waals surface area (Å²) < 4.78 is 11.5. The Morgan fingerprint density at radius 2 is 2.00 bits per heavy atom. The molecule has 144 valence electrons. The van der Waals surface area contributed by atoms with Crippen LogP contribution in [0.2, 0.25) is 0 Å². The van der Waals surface area contributed by atoms with Crippen LogP contribution >= 0.6 is 0 Å². The summed E-state index contributed by atoms with van der Waals surface area (Å²) >= 11 is 0. The van der Waals surface area contributed by atoms with Crippen molar-refractivity contribution in [2.75, 3.05) is 45.8 Å². The van der Waals surface area contributed by atoms with Crippen molar-refractivity contribution in [2.45, 2.75) is 31.4 Å². The van der Waals surface area contributed by atoms with Crippen LogP contribution in [0.5, 0.6) is 5.88 Å². The van der Waals surface area contributed by atoms with Crippen molar-refractivity contribution in [2.24, 2.45) is 0 Å². The van der Waals surface area contributed by atoms with Crippen LogP contribution in [0.3, 0.4) is 0 Å². The molecule has 2 aliphatic rings. The van der Waals surface area contributed by atoms with Gasteiger partial charge in [-0.25, -0.2) is 15.0 Å². The van der Waals surface area contributed by atoms with E-state index in [0.29, 0.717) is 5.88 Å². The van der Waals surface area contributed by atoms with Gasteiger partial charge >= 0.3 is 0 Å². The Hall–Kier alpha value is -2.25. The van der Waals surface area contributed by atoms with E-state index in [9.17, 15) is 0 Å². The van der Waals surface area contributed by atoms with Crippen LogP contribution in [-0.2, 0) is 23.3 Å². The topological polar surface area (TPSA) is 63.6 Å². The van der Waals surface area contributed by atoms with Gasteiger partial charge in [-0.2, -0.15) is 0 Å². The molecule has 0 aromatic carbocycles. The standard InChI is InChI=1S/C20H27N5O2/c1-24(2)19-22-13-16-6-11-27-20(18(16)23-19)7-9-25(10-8-20)14-15-4-5-17(26-3)21-12-15/h4-5,12-13H,6-11,14H2,1-3H3. The number of aromatic nitrogens is 3. The quantitative estimate of drug-likeness (QED) is 0.817. The third kappa shape index (κ3) is 3.61. The number of piperidine rings is 1. The SMILES string of the molecule is COc1ccc(CN2CCC3(CC2)OCCc2cnc(N(C)C)nc23)cn1. The Bertz CT molecular complexity index is 785. The number of methoxy groups -OCH3 is 1. The third-order valence-electron chi connectivity index (χ3n) is 5.51. The molecule has 7 nitrogen and oxygen atoms in total. The molecular weight excluding hydrogens is 342 g/mol. The van der Waals surface area contributed by atoms with Gasteiger partial charge in [0.25, 0.3) is 0 Å². The minimum atomic E-state index is -0.268. The number of likely N-dealkylation sites (tertiary alicyclic amines) is 1. The van der Waals surface area contributed by atoms with Crippen molar-refractivity contribution in [3.63, 3.8) is 0 Å². The first kappa shape index (κ1) is 18.1. The molecule has 4 heterocycles. The molecule has 0 amide bonds. The number of hydrogen-bond donors (Lipinski definition) is 0. The van der Waals surface area contributed by atoms with Gasteiger partial charge in [-0.3, -0.25) is 4.90 Å². The largest absolute Gasteiger partial charge is 0.481 e. The highest BCUT2D eigenvalue weighted by Gasteiger charge is 2.42. The van der Waals surface area contributed by atoms with Crippen LogP contribution in [0.4, 0.5) is 5.95 Å². The first-order valence-electron chi connectivity index (χ1n) is 9.48. The van der Waals surface area contributed by atoms with Crippen LogP contribution in [0.15, 0.2) is 24.5 Å². The van der Waals surface area contributed by atoms with Gasteiger partial charge in [0.2, 0.25) is 11.8 Å². The molecule has 0 radical (unpaired) electrons. The van der Waals surface area contributed by atoms with E-state index in [1.165, 1.54) is 11.1 Å². The van der Waals surface area contributed by atoms with Crippen molar-refractivity contribution in [3.8, 4) is 5.88 Å². The highest BCUT2D eigenvalue weighted by molar-refractivity contribution is 5.35. The smallest absolute Gasteiger partial charge is 0.225 e. The van der Waals surface area contributed by atoms with E-state index in [1.54, 1.807) is 7.11 Å². The zero-order valence-corrected chi connectivity index (χ0v) is 16.3. The minimum Gasteiger partial charge on any atom is -0.481 e. The molecule has 1 saturated heterocycles. The lowest BCUT2D eigenvalue weighted by Crippen LogP contribution is -2.47. The van der Waals surface area contributed by atoms with Crippen LogP contribution in [0, 0.1) is 0 Å². The highest BCUT2D eigenvalue weighted by atomic mass is 16.5. The van der Waals surface area contributed by atoms with E-state index in [2.05, 4.69) is 20.9 Å². The van der Waals surface area contributed by atoms with Gasteiger partial charge in [0.1, 0.15) is 5.60 Å². The summed E-state index contributed by atoms with van der Waals surface area (Å²) in [6, 6.07) is 4.00. The molecule has 0 aliphatic carbocycles. The normalized spacial score (nSPS) is 18.9. The molecule has 1 fully saturated rings. The van der Waals surface area contributed by atoms with Crippen molar-refractivity contribution < 1.29 is 9.47 Å². The minimum absolute atomic E-state index is 0.268. The van der Waals surface area contributed by atoms with Crippen LogP contribution in [0.25, 0.3) is 0 Å². The molecule has 0 bridgehead atoms. The lowest BCUT2D eigenvalue weighted by Gasteiger charge is -2.44. The number of pyridine rings is 1. The number of rotatable bonds is 4. The van der Waals surface area contributed by atoms with E-state index < -0.39 is 0 Å². The van der Waals surface area contributed by atoms with Gasteiger partial charge in [0.15, 0.2) is 0 Å². The fourth-order valence-electron chi connectivity index (χ4n) is 3.95. The highest BCUT2D eigenvalue weighted by Crippen LogP contribution is 2.41. The Morgan fingerprint density at radius 1 is 1.19 bits per heavy atom. The number of anilines is 1. The average Bonchev–Trinajstić information content (AvgIpc) is 2.70. The fourth-order valence-corrected chi connectivity index (χ4v) is 3.95. The van der Waals surface area contributed by atoms with E-state index >= 15 is 0 Å². The zero-order valence-electron chi connectivity index (χ0n) is 16.3. The van der Waals surface area contributed by atoms with Gasteiger partial charge in [0.05, 0.1) is 19.4 Å². The van der Waals surface area contributed by atoms with Gasteiger partial charge in [-0.05, 0) is 30.4 Å². The van der Waals surface area contributed by atoms with Crippen molar-refractivity contribution in [1.82, 2.24) is 19.9 Å². The van der Waals surface area contributed by atoms with Gasteiger partial charge < -0.3 is 14.4 Å². The summed E-state index contributed by atoms with van der Waals surface area (Å²) in [6.07, 6.45) is 6.68. The van der Waals surface area contributed by atoms with Gasteiger partial charge in [-0.15, -0.1) is 0 Å². The maximum absolute atomic E-state index is 6.33. The Kier molecular flexibility index (Phi) is 4.97. The number of ether oxygens (including phenoxy) is 2. The average molecular weight is 369 g/mol. The lowest BCUT2D eigenvalue weighted by molar-refractivity contribution is -0.102. The lowest BCUT2D eigenvalue weighted by atomic mass is 9.83. The molecule has 0 N–H and O–H groups in total. The van der Waals surface area contributed by atoms with E-state index in [4.69, 9.17) is 14.5 Å². The van der Waals surface area contributed by atoms with Crippen molar-refractivity contribution in [1.29, 1.82) is 0 Å². The molecule has 1 spiro atoms. The van der Waals surface area contributed by atoms with Crippen LogP contribution in [-0.4, -0.2) is 60.8 Å². The second kappa shape index (κ2) is 7.40. The number of nitrogens with zero attached hydrogens (tertiary/aromatic N) is 5. The molecule has 2 aromatic rings. The molecule has 0 atom stereocenters. The Balaban J connectivity index is 1.47. The molecule has 0 saturated carbocycles. The molecule has 27 heavy (non-hydrogen) atoms. The number of fused-ring (bicyclic) bond motifs is 2. The maximum atomic E-state index is 6.33. The maximum Gasteiger partial charge on any atom is 0.225 e. The first-order valence-corrected chi connectivity index (χ1v) is 9.48. The molecule has 7 heteroatoms. The Morgan fingerprint density at radius 3 is 2.67 bits per heavy atom. The predicted octanol–water partition coefficient (Wildman–Crippen LogP) is 2.01. The molecule has 2 aliphatic heterocycles. The summed E-state index contributed by atoms with van der Waals surface area (Å²) in [5.41, 5.74) is 3.27. The first-order chi connectivity index (χ1) is 13.1. The summed E-state index contributed by atoms with van der Waals surface area (Å²) in [7, 11) is 5.59. The zero-order chi connectivity index (χ0) is 18.9. The molecule has 4 rings (SSSR count). The third-order valence-corrected chi connectivity index (χ3v) is 5.51. The molecular formula is C20H27N5O2. The van der Waals surface area contributed by atoms with Crippen LogP contribution < -0.4 is 9.64 Å². The second-order valence-corrected chi connectivity index (χ2v) is 7.52. The van der Waals surface area contributed by atoms with Crippen molar-refractivity contribution in [3.05, 3.63) is 41.3 Å². The van der Waals surface area contributed by atoms with Gasteiger partial charge in [-0.1, -0.05) is 6.07 Å². The second-order valence-electron chi connectivity index (χ2n) is 7.52. The van der Waals surface area contributed by atoms with E-state index in [0.717, 1.165) is 57.1 Å².